The van der Waals surface area contributed by atoms with Crippen LogP contribution in [-0.4, -0.2) is 46.8 Å². The molecule has 1 fully saturated rings. The van der Waals surface area contributed by atoms with E-state index in [4.69, 9.17) is 5.73 Å². The maximum Gasteiger partial charge on any atom is 0.271 e. The van der Waals surface area contributed by atoms with E-state index >= 15 is 0 Å². The molecule has 0 aromatic carbocycles. The first kappa shape index (κ1) is 14.8. The Bertz CT molecular complexity index is 450. The van der Waals surface area contributed by atoms with Crippen molar-refractivity contribution in [2.24, 2.45) is 0 Å². The van der Waals surface area contributed by atoms with E-state index in [1.807, 2.05) is 6.92 Å². The minimum absolute atomic E-state index is 0.137. The van der Waals surface area contributed by atoms with Crippen LogP contribution < -0.4 is 11.1 Å². The highest BCUT2D eigenvalue weighted by molar-refractivity contribution is 5.97. The van der Waals surface area contributed by atoms with Crippen LogP contribution in [0.5, 0.6) is 0 Å². The highest BCUT2D eigenvalue weighted by Crippen LogP contribution is 2.21. The predicted octanol–water partition coefficient (Wildman–Crippen LogP) is 1.09. The van der Waals surface area contributed by atoms with Gasteiger partial charge in [-0.1, -0.05) is 12.8 Å². The molecule has 1 amide bonds. The molecule has 0 aliphatic heterocycles. The lowest BCUT2D eigenvalue weighted by molar-refractivity contribution is 0.0937. The minimum Gasteiger partial charge on any atom is -0.396 e. The Morgan fingerprint density at radius 3 is 2.90 bits per heavy atom. The Hall–Kier alpha value is -1.56. The molecule has 20 heavy (non-hydrogen) atoms. The third kappa shape index (κ3) is 3.30. The van der Waals surface area contributed by atoms with E-state index in [1.54, 1.807) is 4.68 Å². The lowest BCUT2D eigenvalue weighted by atomic mass is 10.2. The van der Waals surface area contributed by atoms with Crippen LogP contribution in [0, 0.1) is 0 Å². The molecule has 0 saturated heterocycles. The molecule has 1 saturated carbocycles. The van der Waals surface area contributed by atoms with Crippen molar-refractivity contribution in [1.29, 1.82) is 0 Å². The molecule has 1 aliphatic rings. The lowest BCUT2D eigenvalue weighted by Crippen LogP contribution is -2.38. The highest BCUT2D eigenvalue weighted by atomic mass is 16.2. The summed E-state index contributed by atoms with van der Waals surface area (Å²) in [5, 5.41) is 7.02. The molecule has 1 aliphatic carbocycles. The van der Waals surface area contributed by atoms with Gasteiger partial charge in [0.15, 0.2) is 0 Å². The number of rotatable bonds is 6. The molecule has 6 heteroatoms. The zero-order valence-electron chi connectivity index (χ0n) is 12.4. The largest absolute Gasteiger partial charge is 0.396 e. The number of nitrogens with one attached hydrogen (secondary N) is 1. The molecular formula is C14H25N5O. The van der Waals surface area contributed by atoms with Gasteiger partial charge in [0, 0.05) is 25.7 Å². The SMILES string of the molecule is CCn1ncc(N)c1C(=O)NCCN(C)C1CCCC1. The summed E-state index contributed by atoms with van der Waals surface area (Å²) < 4.78 is 1.63. The maximum absolute atomic E-state index is 12.1. The van der Waals surface area contributed by atoms with Crippen LogP contribution in [0.1, 0.15) is 43.1 Å². The summed E-state index contributed by atoms with van der Waals surface area (Å²) in [6.07, 6.45) is 6.74. The van der Waals surface area contributed by atoms with Crippen LogP contribution in [0.25, 0.3) is 0 Å². The fraction of sp³-hybridized carbons (Fsp3) is 0.714. The van der Waals surface area contributed by atoms with Crippen molar-refractivity contribution in [2.75, 3.05) is 25.9 Å². The molecule has 6 nitrogen and oxygen atoms in total. The van der Waals surface area contributed by atoms with Crippen LogP contribution in [0.2, 0.25) is 0 Å². The first-order valence-electron chi connectivity index (χ1n) is 7.43. The summed E-state index contributed by atoms with van der Waals surface area (Å²) >= 11 is 0. The second kappa shape index (κ2) is 6.74. The highest BCUT2D eigenvalue weighted by Gasteiger charge is 2.20. The van der Waals surface area contributed by atoms with Crippen molar-refractivity contribution in [3.63, 3.8) is 0 Å². The second-order valence-corrected chi connectivity index (χ2v) is 5.44. The molecule has 0 unspecified atom stereocenters. The molecule has 2 rings (SSSR count). The van der Waals surface area contributed by atoms with Gasteiger partial charge in [-0.3, -0.25) is 9.48 Å². The zero-order chi connectivity index (χ0) is 14.5. The number of hydrogen-bond acceptors (Lipinski definition) is 4. The number of nitrogen functional groups attached to an aromatic ring is 1. The maximum atomic E-state index is 12.1. The number of likely N-dealkylation sites (N-methyl/N-ethyl adjacent to an activating group) is 1. The quantitative estimate of drug-likeness (QED) is 0.817. The fourth-order valence-electron chi connectivity index (χ4n) is 2.84. The van der Waals surface area contributed by atoms with Gasteiger partial charge in [-0.15, -0.1) is 0 Å². The van der Waals surface area contributed by atoms with Crippen LogP contribution in [0.15, 0.2) is 6.20 Å². The molecule has 3 N–H and O–H groups in total. The first-order chi connectivity index (χ1) is 9.63. The average Bonchev–Trinajstić information content (AvgIpc) is 3.07. The van der Waals surface area contributed by atoms with Gasteiger partial charge in [-0.2, -0.15) is 5.10 Å². The number of nitrogens with zero attached hydrogens (tertiary/aromatic N) is 3. The average molecular weight is 279 g/mol. The van der Waals surface area contributed by atoms with Gasteiger partial charge < -0.3 is 16.0 Å². The number of aryl methyl sites for hydroxylation is 1. The van der Waals surface area contributed by atoms with Crippen molar-refractivity contribution in [2.45, 2.75) is 45.2 Å². The molecular weight excluding hydrogens is 254 g/mol. The number of nitrogens with two attached hydrogens (primary N) is 1. The first-order valence-corrected chi connectivity index (χ1v) is 7.43. The van der Waals surface area contributed by atoms with E-state index in [1.165, 1.54) is 31.9 Å². The van der Waals surface area contributed by atoms with Crippen molar-refractivity contribution in [1.82, 2.24) is 20.0 Å². The Morgan fingerprint density at radius 2 is 2.25 bits per heavy atom. The molecule has 0 radical (unpaired) electrons. The molecule has 0 atom stereocenters. The summed E-state index contributed by atoms with van der Waals surface area (Å²) in [5.74, 6) is -0.137. The van der Waals surface area contributed by atoms with Crippen molar-refractivity contribution < 1.29 is 4.79 Å². The number of carbonyl (C=O) groups is 1. The van der Waals surface area contributed by atoms with Gasteiger partial charge in [0.2, 0.25) is 0 Å². The van der Waals surface area contributed by atoms with Gasteiger partial charge >= 0.3 is 0 Å². The third-order valence-corrected chi connectivity index (χ3v) is 4.08. The van der Waals surface area contributed by atoms with Crippen molar-refractivity contribution in [3.05, 3.63) is 11.9 Å². The number of amides is 1. The molecule has 1 aromatic heterocycles. The summed E-state index contributed by atoms with van der Waals surface area (Å²) in [4.78, 5) is 14.5. The number of anilines is 1. The summed E-state index contributed by atoms with van der Waals surface area (Å²) in [6, 6.07) is 0.679. The summed E-state index contributed by atoms with van der Waals surface area (Å²) in [5.41, 5.74) is 6.70. The zero-order valence-corrected chi connectivity index (χ0v) is 12.4. The van der Waals surface area contributed by atoms with Crippen molar-refractivity contribution >= 4 is 11.6 Å². The Kier molecular flexibility index (Phi) is 5.00. The molecule has 1 aromatic rings. The van der Waals surface area contributed by atoms with Crippen LogP contribution in [0.4, 0.5) is 5.69 Å². The Balaban J connectivity index is 1.81. The van der Waals surface area contributed by atoms with E-state index in [-0.39, 0.29) is 5.91 Å². The minimum atomic E-state index is -0.137. The van der Waals surface area contributed by atoms with Gasteiger partial charge in [-0.05, 0) is 26.8 Å². The van der Waals surface area contributed by atoms with Gasteiger partial charge in [0.05, 0.1) is 11.9 Å². The van der Waals surface area contributed by atoms with Crippen LogP contribution >= 0.6 is 0 Å². The van der Waals surface area contributed by atoms with E-state index in [0.717, 1.165) is 6.54 Å². The normalized spacial score (nSPS) is 15.9. The third-order valence-electron chi connectivity index (χ3n) is 4.08. The van der Waals surface area contributed by atoms with E-state index in [9.17, 15) is 4.79 Å². The van der Waals surface area contributed by atoms with Crippen LogP contribution in [-0.2, 0) is 6.54 Å². The molecule has 0 spiro atoms. The Labute approximate surface area is 120 Å². The van der Waals surface area contributed by atoms with Crippen molar-refractivity contribution in [3.8, 4) is 0 Å². The Morgan fingerprint density at radius 1 is 1.55 bits per heavy atom. The predicted molar refractivity (Wildman–Crippen MR) is 79.5 cm³/mol. The molecule has 1 heterocycles. The number of aromatic nitrogens is 2. The standard InChI is InChI=1S/C14H25N5O/c1-3-19-13(12(15)10-17-19)14(20)16-8-9-18(2)11-6-4-5-7-11/h10-11H,3-9,15H2,1-2H3,(H,16,20). The topological polar surface area (TPSA) is 76.2 Å². The van der Waals surface area contributed by atoms with Gasteiger partial charge in [0.1, 0.15) is 5.69 Å². The van der Waals surface area contributed by atoms with Gasteiger partial charge in [0.25, 0.3) is 5.91 Å². The monoisotopic (exact) mass is 279 g/mol. The van der Waals surface area contributed by atoms with E-state index < -0.39 is 0 Å². The smallest absolute Gasteiger partial charge is 0.271 e. The van der Waals surface area contributed by atoms with E-state index in [2.05, 4.69) is 22.4 Å². The number of carbonyl (C=O) groups excluding carboxylic acids is 1. The summed E-state index contributed by atoms with van der Waals surface area (Å²) in [7, 11) is 2.13. The molecule has 0 bridgehead atoms. The second-order valence-electron chi connectivity index (χ2n) is 5.44. The van der Waals surface area contributed by atoms with Crippen LogP contribution in [0.3, 0.4) is 0 Å². The van der Waals surface area contributed by atoms with E-state index in [0.29, 0.717) is 30.5 Å². The lowest BCUT2D eigenvalue weighted by Gasteiger charge is -2.23. The summed E-state index contributed by atoms with van der Waals surface area (Å²) in [6.45, 7) is 4.09. The number of hydrogen-bond donors (Lipinski definition) is 2. The van der Waals surface area contributed by atoms with Gasteiger partial charge in [-0.25, -0.2) is 0 Å². The fourth-order valence-corrected chi connectivity index (χ4v) is 2.84. The molecule has 112 valence electrons.